The van der Waals surface area contributed by atoms with E-state index in [1.165, 1.54) is 0 Å². The molecular weight excluding hydrogens is 282 g/mol. The standard InChI is InChI=1S/C15H17N5O2/c21-12-8-11(9-4-1-2-5-10(9)12)17-14(22)13-18-15-16-6-3-7-20(15)19-13/h1-2,4-5,11-12,21H,3,6-8H2,(H,17,22)(H,16,18,19). The Balaban J connectivity index is 1.54. The van der Waals surface area contributed by atoms with Crippen LogP contribution in [0.1, 0.15) is 46.7 Å². The molecule has 4 rings (SSSR count). The predicted molar refractivity (Wildman–Crippen MR) is 79.4 cm³/mol. The number of aromatic nitrogens is 3. The number of aliphatic hydroxyl groups excluding tert-OH is 1. The summed E-state index contributed by atoms with van der Waals surface area (Å²) in [4.78, 5) is 16.6. The van der Waals surface area contributed by atoms with Crippen molar-refractivity contribution in [1.82, 2.24) is 20.1 Å². The van der Waals surface area contributed by atoms with Gasteiger partial charge in [0, 0.05) is 19.5 Å². The number of nitrogens with zero attached hydrogens (tertiary/aromatic N) is 3. The molecule has 0 radical (unpaired) electrons. The van der Waals surface area contributed by atoms with Crippen LogP contribution in [0.5, 0.6) is 0 Å². The topological polar surface area (TPSA) is 92.1 Å². The quantitative estimate of drug-likeness (QED) is 0.769. The van der Waals surface area contributed by atoms with Crippen molar-refractivity contribution >= 4 is 11.9 Å². The van der Waals surface area contributed by atoms with Gasteiger partial charge in [0.2, 0.25) is 11.8 Å². The Hall–Kier alpha value is -2.41. The Bertz CT molecular complexity index is 703. The molecule has 0 spiro atoms. The van der Waals surface area contributed by atoms with Crippen molar-refractivity contribution in [2.75, 3.05) is 11.9 Å². The number of aliphatic hydroxyl groups is 1. The van der Waals surface area contributed by atoms with Crippen LogP contribution in [0.4, 0.5) is 5.95 Å². The number of carbonyl (C=O) groups is 1. The van der Waals surface area contributed by atoms with E-state index in [0.29, 0.717) is 12.4 Å². The molecule has 0 bridgehead atoms. The highest BCUT2D eigenvalue weighted by atomic mass is 16.3. The Morgan fingerprint density at radius 1 is 1.36 bits per heavy atom. The fraction of sp³-hybridized carbons (Fsp3) is 0.400. The number of nitrogens with one attached hydrogen (secondary N) is 2. The zero-order valence-electron chi connectivity index (χ0n) is 12.0. The summed E-state index contributed by atoms with van der Waals surface area (Å²) < 4.78 is 1.72. The molecule has 1 aliphatic heterocycles. The van der Waals surface area contributed by atoms with Gasteiger partial charge < -0.3 is 15.7 Å². The van der Waals surface area contributed by atoms with Crippen molar-refractivity contribution in [3.8, 4) is 0 Å². The molecule has 2 aliphatic rings. The number of rotatable bonds is 2. The number of benzene rings is 1. The summed E-state index contributed by atoms with van der Waals surface area (Å²) in [6, 6.07) is 7.43. The van der Waals surface area contributed by atoms with E-state index < -0.39 is 6.10 Å². The lowest BCUT2D eigenvalue weighted by atomic mass is 10.1. The van der Waals surface area contributed by atoms with E-state index in [0.717, 1.165) is 30.6 Å². The first-order valence-electron chi connectivity index (χ1n) is 7.49. The number of aryl methyl sites for hydroxylation is 1. The molecule has 0 saturated carbocycles. The number of hydrogen-bond acceptors (Lipinski definition) is 5. The van der Waals surface area contributed by atoms with E-state index in [2.05, 4.69) is 20.7 Å². The van der Waals surface area contributed by atoms with Gasteiger partial charge in [-0.25, -0.2) is 4.68 Å². The average molecular weight is 299 g/mol. The van der Waals surface area contributed by atoms with Gasteiger partial charge in [-0.3, -0.25) is 4.79 Å². The van der Waals surface area contributed by atoms with Crippen LogP contribution in [0.25, 0.3) is 0 Å². The zero-order chi connectivity index (χ0) is 15.1. The summed E-state index contributed by atoms with van der Waals surface area (Å²) in [5, 5.41) is 20.4. The maximum absolute atomic E-state index is 12.4. The Kier molecular flexibility index (Phi) is 3.07. The molecule has 1 aliphatic carbocycles. The number of carbonyl (C=O) groups excluding carboxylic acids is 1. The first-order chi connectivity index (χ1) is 10.7. The van der Waals surface area contributed by atoms with Crippen LogP contribution in [-0.2, 0) is 6.54 Å². The zero-order valence-corrected chi connectivity index (χ0v) is 12.0. The lowest BCUT2D eigenvalue weighted by Gasteiger charge is -2.12. The third kappa shape index (κ3) is 2.14. The van der Waals surface area contributed by atoms with Crippen molar-refractivity contribution in [1.29, 1.82) is 0 Å². The molecule has 1 aromatic carbocycles. The molecule has 22 heavy (non-hydrogen) atoms. The molecule has 2 atom stereocenters. The van der Waals surface area contributed by atoms with Crippen LogP contribution in [0.2, 0.25) is 0 Å². The Morgan fingerprint density at radius 3 is 3.00 bits per heavy atom. The second-order valence-corrected chi connectivity index (χ2v) is 5.67. The van der Waals surface area contributed by atoms with Crippen molar-refractivity contribution in [3.05, 3.63) is 41.2 Å². The van der Waals surface area contributed by atoms with Crippen LogP contribution in [0, 0.1) is 0 Å². The monoisotopic (exact) mass is 299 g/mol. The van der Waals surface area contributed by atoms with Gasteiger partial charge in [-0.1, -0.05) is 24.3 Å². The summed E-state index contributed by atoms with van der Waals surface area (Å²) in [6.45, 7) is 1.62. The summed E-state index contributed by atoms with van der Waals surface area (Å²) in [6.07, 6.45) is 0.919. The smallest absolute Gasteiger partial charge is 0.291 e. The molecule has 2 unspecified atom stereocenters. The van der Waals surface area contributed by atoms with Gasteiger partial charge in [0.25, 0.3) is 5.91 Å². The highest BCUT2D eigenvalue weighted by molar-refractivity contribution is 5.91. The minimum absolute atomic E-state index is 0.170. The van der Waals surface area contributed by atoms with E-state index in [1.54, 1.807) is 4.68 Å². The second-order valence-electron chi connectivity index (χ2n) is 5.67. The van der Waals surface area contributed by atoms with E-state index in [4.69, 9.17) is 0 Å². The summed E-state index contributed by atoms with van der Waals surface area (Å²) in [5.74, 6) is 0.504. The van der Waals surface area contributed by atoms with Crippen molar-refractivity contribution < 1.29 is 9.90 Å². The maximum atomic E-state index is 12.4. The molecule has 0 saturated heterocycles. The van der Waals surface area contributed by atoms with Gasteiger partial charge in [-0.2, -0.15) is 4.98 Å². The van der Waals surface area contributed by atoms with Crippen LogP contribution in [0.3, 0.4) is 0 Å². The highest BCUT2D eigenvalue weighted by Gasteiger charge is 2.31. The van der Waals surface area contributed by atoms with Gasteiger partial charge in [-0.15, -0.1) is 5.10 Å². The summed E-state index contributed by atoms with van der Waals surface area (Å²) >= 11 is 0. The molecule has 114 valence electrons. The van der Waals surface area contributed by atoms with E-state index in [9.17, 15) is 9.90 Å². The molecule has 2 aromatic rings. The lowest BCUT2D eigenvalue weighted by molar-refractivity contribution is 0.0913. The van der Waals surface area contributed by atoms with Gasteiger partial charge in [-0.05, 0) is 17.5 Å². The Labute approximate surface area is 127 Å². The average Bonchev–Trinajstić information content (AvgIpc) is 3.10. The van der Waals surface area contributed by atoms with Gasteiger partial charge in [0.1, 0.15) is 0 Å². The number of amides is 1. The van der Waals surface area contributed by atoms with Crippen LogP contribution in [-0.4, -0.2) is 32.3 Å². The first-order valence-corrected chi connectivity index (χ1v) is 7.49. The molecular formula is C15H17N5O2. The van der Waals surface area contributed by atoms with Gasteiger partial charge in [0.15, 0.2) is 0 Å². The number of anilines is 1. The van der Waals surface area contributed by atoms with E-state index >= 15 is 0 Å². The van der Waals surface area contributed by atoms with Gasteiger partial charge >= 0.3 is 0 Å². The number of hydrogen-bond donors (Lipinski definition) is 3. The fourth-order valence-corrected chi connectivity index (χ4v) is 3.12. The normalized spacial score (nSPS) is 22.6. The van der Waals surface area contributed by atoms with E-state index in [-0.39, 0.29) is 17.8 Å². The number of fused-ring (bicyclic) bond motifs is 2. The predicted octanol–water partition coefficient (Wildman–Crippen LogP) is 1.00. The molecule has 0 fully saturated rings. The molecule has 7 nitrogen and oxygen atoms in total. The third-order valence-electron chi connectivity index (χ3n) is 4.20. The van der Waals surface area contributed by atoms with Crippen LogP contribution >= 0.6 is 0 Å². The third-order valence-corrected chi connectivity index (χ3v) is 4.20. The lowest BCUT2D eigenvalue weighted by Crippen LogP contribution is -2.28. The SMILES string of the molecule is O=C(NC1CC(O)c2ccccc21)c1nc2n(n1)CCCN2. The minimum atomic E-state index is -0.536. The van der Waals surface area contributed by atoms with Crippen LogP contribution in [0.15, 0.2) is 24.3 Å². The molecule has 2 heterocycles. The minimum Gasteiger partial charge on any atom is -0.388 e. The summed E-state index contributed by atoms with van der Waals surface area (Å²) in [5.41, 5.74) is 1.84. The second kappa shape index (κ2) is 5.10. The maximum Gasteiger partial charge on any atom is 0.291 e. The first kappa shape index (κ1) is 13.3. The van der Waals surface area contributed by atoms with Crippen molar-refractivity contribution in [2.45, 2.75) is 31.5 Å². The molecule has 1 aromatic heterocycles. The van der Waals surface area contributed by atoms with Crippen LogP contribution < -0.4 is 10.6 Å². The summed E-state index contributed by atoms with van der Waals surface area (Å²) in [7, 11) is 0. The molecule has 7 heteroatoms. The molecule has 3 N–H and O–H groups in total. The van der Waals surface area contributed by atoms with E-state index in [1.807, 2.05) is 24.3 Å². The van der Waals surface area contributed by atoms with Gasteiger partial charge in [0.05, 0.1) is 12.1 Å². The van der Waals surface area contributed by atoms with Crippen molar-refractivity contribution in [2.24, 2.45) is 0 Å². The fourth-order valence-electron chi connectivity index (χ4n) is 3.12. The largest absolute Gasteiger partial charge is 0.388 e. The molecule has 1 amide bonds. The Morgan fingerprint density at radius 2 is 2.18 bits per heavy atom. The van der Waals surface area contributed by atoms with Crippen molar-refractivity contribution in [3.63, 3.8) is 0 Å². The highest BCUT2D eigenvalue weighted by Crippen LogP contribution is 2.38.